The number of rotatable bonds is 4. The summed E-state index contributed by atoms with van der Waals surface area (Å²) in [4.78, 5) is 23.6. The van der Waals surface area contributed by atoms with Crippen LogP contribution in [0.5, 0.6) is 5.75 Å². The number of phenolic OH excluding ortho intramolecular Hbond substituents is 1. The molecule has 0 atom stereocenters. The van der Waals surface area contributed by atoms with E-state index < -0.39 is 11.6 Å². The van der Waals surface area contributed by atoms with E-state index >= 15 is 0 Å². The third-order valence-electron chi connectivity index (χ3n) is 2.66. The highest BCUT2D eigenvalue weighted by Gasteiger charge is 2.10. The van der Waals surface area contributed by atoms with Gasteiger partial charge in [0.1, 0.15) is 11.3 Å². The maximum atomic E-state index is 11.4. The lowest BCUT2D eigenvalue weighted by atomic mass is 10.1. The van der Waals surface area contributed by atoms with Gasteiger partial charge in [-0.25, -0.2) is 4.79 Å². The maximum absolute atomic E-state index is 11.4. The van der Waals surface area contributed by atoms with Crippen molar-refractivity contribution in [3.05, 3.63) is 40.2 Å². The van der Waals surface area contributed by atoms with Crippen LogP contribution in [-0.4, -0.2) is 34.7 Å². The summed E-state index contributed by atoms with van der Waals surface area (Å²) < 4.78 is 5.00. The quantitative estimate of drug-likeness (QED) is 0.800. The van der Waals surface area contributed by atoms with E-state index in [1.807, 2.05) is 0 Å². The van der Waals surface area contributed by atoms with Crippen molar-refractivity contribution in [2.45, 2.75) is 6.54 Å². The number of phenols is 1. The number of likely N-dealkylation sites (N-methyl/N-ethyl adjacent to an activating group) is 1. The second-order valence-electron chi connectivity index (χ2n) is 4.34. The van der Waals surface area contributed by atoms with E-state index in [0.29, 0.717) is 17.5 Å². The van der Waals surface area contributed by atoms with Gasteiger partial charge in [-0.3, -0.25) is 9.69 Å². The van der Waals surface area contributed by atoms with Crippen LogP contribution in [-0.2, 0) is 11.3 Å². The zero-order chi connectivity index (χ0) is 14.0. The van der Waals surface area contributed by atoms with Crippen LogP contribution < -0.4 is 5.63 Å². The summed E-state index contributed by atoms with van der Waals surface area (Å²) in [5.74, 6) is -0.931. The second kappa shape index (κ2) is 5.11. The van der Waals surface area contributed by atoms with Crippen LogP contribution >= 0.6 is 0 Å². The first-order valence-electron chi connectivity index (χ1n) is 5.62. The molecule has 0 aliphatic carbocycles. The van der Waals surface area contributed by atoms with Crippen molar-refractivity contribution >= 4 is 16.9 Å². The average Bonchev–Trinajstić information content (AvgIpc) is 2.26. The molecule has 1 aromatic heterocycles. The standard InChI is InChI=1S/C13H13NO5/c1-14(7-12(16)17)6-8-4-13(18)19-11-5-9(15)2-3-10(8)11/h2-5,15H,6-7H2,1H3,(H,16,17). The molecule has 1 heterocycles. The summed E-state index contributed by atoms with van der Waals surface area (Å²) >= 11 is 0. The smallest absolute Gasteiger partial charge is 0.336 e. The van der Waals surface area contributed by atoms with Crippen LogP contribution in [0, 0.1) is 0 Å². The van der Waals surface area contributed by atoms with Crippen LogP contribution in [0.3, 0.4) is 0 Å². The van der Waals surface area contributed by atoms with Crippen LogP contribution in [0.4, 0.5) is 0 Å². The van der Waals surface area contributed by atoms with Gasteiger partial charge in [-0.1, -0.05) is 0 Å². The first-order valence-corrected chi connectivity index (χ1v) is 5.62. The molecule has 2 aromatic rings. The summed E-state index contributed by atoms with van der Waals surface area (Å²) in [6.07, 6.45) is 0. The van der Waals surface area contributed by atoms with Gasteiger partial charge in [-0.15, -0.1) is 0 Å². The van der Waals surface area contributed by atoms with E-state index in [1.165, 1.54) is 18.2 Å². The third-order valence-corrected chi connectivity index (χ3v) is 2.66. The van der Waals surface area contributed by atoms with Gasteiger partial charge < -0.3 is 14.6 Å². The summed E-state index contributed by atoms with van der Waals surface area (Å²) in [6.45, 7) is 0.180. The molecule has 6 nitrogen and oxygen atoms in total. The van der Waals surface area contributed by atoms with Gasteiger partial charge in [0.2, 0.25) is 0 Å². The number of carboxylic acids is 1. The third kappa shape index (κ3) is 3.11. The molecule has 0 aliphatic rings. The Morgan fingerprint density at radius 1 is 1.37 bits per heavy atom. The SMILES string of the molecule is CN(CC(=O)O)Cc1cc(=O)oc2cc(O)ccc12. The molecule has 2 N–H and O–H groups in total. The number of benzene rings is 1. The molecule has 0 saturated heterocycles. The zero-order valence-electron chi connectivity index (χ0n) is 10.3. The van der Waals surface area contributed by atoms with Gasteiger partial charge in [0, 0.05) is 24.1 Å². The molecule has 1 aromatic carbocycles. The van der Waals surface area contributed by atoms with Gasteiger partial charge in [-0.2, -0.15) is 0 Å². The number of aromatic hydroxyl groups is 1. The van der Waals surface area contributed by atoms with Crippen LogP contribution in [0.1, 0.15) is 5.56 Å². The zero-order valence-corrected chi connectivity index (χ0v) is 10.3. The average molecular weight is 263 g/mol. The molecule has 0 fully saturated rings. The highest BCUT2D eigenvalue weighted by Crippen LogP contribution is 2.22. The van der Waals surface area contributed by atoms with Crippen molar-refractivity contribution in [2.24, 2.45) is 0 Å². The molecule has 0 bridgehead atoms. The largest absolute Gasteiger partial charge is 0.508 e. The Bertz CT molecular complexity index is 676. The molecule has 19 heavy (non-hydrogen) atoms. The van der Waals surface area contributed by atoms with Crippen molar-refractivity contribution in [1.29, 1.82) is 0 Å². The van der Waals surface area contributed by atoms with Crippen LogP contribution in [0.25, 0.3) is 11.0 Å². The highest BCUT2D eigenvalue weighted by molar-refractivity contribution is 5.81. The Hall–Kier alpha value is -2.34. The molecule has 0 aliphatic heterocycles. The summed E-state index contributed by atoms with van der Waals surface area (Å²) in [5, 5.41) is 18.7. The van der Waals surface area contributed by atoms with E-state index in [4.69, 9.17) is 9.52 Å². The van der Waals surface area contributed by atoms with E-state index in [1.54, 1.807) is 18.0 Å². The van der Waals surface area contributed by atoms with E-state index in [-0.39, 0.29) is 17.9 Å². The summed E-state index contributed by atoms with van der Waals surface area (Å²) in [5.41, 5.74) is 0.415. The number of carboxylic acid groups (broad SMARTS) is 1. The normalized spacial score (nSPS) is 11.1. The molecule has 0 amide bonds. The van der Waals surface area contributed by atoms with Gasteiger partial charge in [0.05, 0.1) is 6.54 Å². The minimum atomic E-state index is -0.938. The predicted molar refractivity (Wildman–Crippen MR) is 68.1 cm³/mol. The van der Waals surface area contributed by atoms with Gasteiger partial charge in [-0.05, 0) is 24.7 Å². The first kappa shape index (κ1) is 13.1. The number of nitrogens with zero attached hydrogens (tertiary/aromatic N) is 1. The Balaban J connectivity index is 2.42. The summed E-state index contributed by atoms with van der Waals surface area (Å²) in [7, 11) is 1.65. The lowest BCUT2D eigenvalue weighted by Gasteiger charge is -2.14. The molecule has 2 rings (SSSR count). The Kier molecular flexibility index (Phi) is 3.52. The van der Waals surface area contributed by atoms with E-state index in [9.17, 15) is 14.7 Å². The first-order chi connectivity index (χ1) is 8.95. The van der Waals surface area contributed by atoms with Crippen molar-refractivity contribution in [3.8, 4) is 5.75 Å². The molecule has 0 spiro atoms. The minimum Gasteiger partial charge on any atom is -0.508 e. The maximum Gasteiger partial charge on any atom is 0.336 e. The molecular weight excluding hydrogens is 250 g/mol. The monoisotopic (exact) mass is 263 g/mol. The number of hydrogen-bond acceptors (Lipinski definition) is 5. The number of aliphatic carboxylic acids is 1. The Labute approximate surface area is 108 Å². The van der Waals surface area contributed by atoms with E-state index in [2.05, 4.69) is 0 Å². The van der Waals surface area contributed by atoms with Gasteiger partial charge in [0.15, 0.2) is 0 Å². The lowest BCUT2D eigenvalue weighted by molar-refractivity contribution is -0.138. The second-order valence-corrected chi connectivity index (χ2v) is 4.34. The van der Waals surface area contributed by atoms with Gasteiger partial charge >= 0.3 is 11.6 Å². The van der Waals surface area contributed by atoms with Gasteiger partial charge in [0.25, 0.3) is 0 Å². The fraction of sp³-hybridized carbons (Fsp3) is 0.231. The fourth-order valence-corrected chi connectivity index (χ4v) is 1.93. The number of carbonyl (C=O) groups is 1. The Morgan fingerprint density at radius 2 is 2.11 bits per heavy atom. The molecule has 100 valence electrons. The Morgan fingerprint density at radius 3 is 2.79 bits per heavy atom. The van der Waals surface area contributed by atoms with Crippen molar-refractivity contribution in [2.75, 3.05) is 13.6 Å². The minimum absolute atomic E-state index is 0.00619. The van der Waals surface area contributed by atoms with E-state index in [0.717, 1.165) is 0 Å². The molecule has 0 saturated carbocycles. The fourth-order valence-electron chi connectivity index (χ4n) is 1.93. The number of hydrogen-bond donors (Lipinski definition) is 2. The highest BCUT2D eigenvalue weighted by atomic mass is 16.4. The van der Waals surface area contributed by atoms with Crippen LogP contribution in [0.15, 0.2) is 33.5 Å². The summed E-state index contributed by atoms with van der Waals surface area (Å²) in [6, 6.07) is 5.82. The molecular formula is C13H13NO5. The van der Waals surface area contributed by atoms with Crippen LogP contribution in [0.2, 0.25) is 0 Å². The van der Waals surface area contributed by atoms with Crippen molar-refractivity contribution < 1.29 is 19.4 Å². The predicted octanol–water partition coefficient (Wildman–Crippen LogP) is 1.01. The topological polar surface area (TPSA) is 91.0 Å². The molecule has 6 heteroatoms. The molecule has 0 unspecified atom stereocenters. The lowest BCUT2D eigenvalue weighted by Crippen LogP contribution is -2.25. The van der Waals surface area contributed by atoms with Crippen molar-refractivity contribution in [3.63, 3.8) is 0 Å². The van der Waals surface area contributed by atoms with Crippen molar-refractivity contribution in [1.82, 2.24) is 4.90 Å². The number of fused-ring (bicyclic) bond motifs is 1. The molecule has 0 radical (unpaired) electrons.